The molecule has 4 heterocycles. The molecule has 17 nitrogen and oxygen atoms in total. The third-order valence-electron chi connectivity index (χ3n) is 19.2. The summed E-state index contributed by atoms with van der Waals surface area (Å²) in [4.78, 5) is 54.4. The van der Waals surface area contributed by atoms with Gasteiger partial charge in [0.2, 0.25) is 5.91 Å². The molecule has 6 saturated carbocycles. The van der Waals surface area contributed by atoms with Crippen LogP contribution in [0.5, 0.6) is 11.5 Å². The van der Waals surface area contributed by atoms with Gasteiger partial charge in [-0.05, 0) is 149 Å². The molecule has 8 fully saturated rings. The van der Waals surface area contributed by atoms with Crippen molar-refractivity contribution in [1.82, 2.24) is 24.5 Å². The molecule has 3 aromatic carbocycles. The second-order valence-electron chi connectivity index (χ2n) is 25.0. The van der Waals surface area contributed by atoms with Crippen LogP contribution in [0.15, 0.2) is 84.0 Å². The van der Waals surface area contributed by atoms with Crippen molar-refractivity contribution in [3.05, 3.63) is 112 Å². The van der Waals surface area contributed by atoms with Crippen molar-refractivity contribution in [1.29, 1.82) is 0 Å². The van der Waals surface area contributed by atoms with Gasteiger partial charge in [0.25, 0.3) is 21.6 Å². The first-order valence-electron chi connectivity index (χ1n) is 27.9. The number of rotatable bonds is 15. The number of fused-ring (bicyclic) bond motifs is 1. The lowest BCUT2D eigenvalue weighted by Gasteiger charge is -2.64. The summed E-state index contributed by atoms with van der Waals surface area (Å²) in [6, 6.07) is 18.9. The summed E-state index contributed by atoms with van der Waals surface area (Å²) in [5.41, 5.74) is 1.99. The molecule has 2 unspecified atom stereocenters. The number of nitro groups is 1. The first-order valence-corrected chi connectivity index (χ1v) is 29.4. The number of carbonyl (C=O) groups is 2. The summed E-state index contributed by atoms with van der Waals surface area (Å²) in [5.74, 6) is 0.462. The minimum absolute atomic E-state index is 0.00416. The average molecular weight is 1090 g/mol. The van der Waals surface area contributed by atoms with Gasteiger partial charge in [-0.15, -0.1) is 0 Å². The van der Waals surface area contributed by atoms with Gasteiger partial charge in [0.1, 0.15) is 28.7 Å². The van der Waals surface area contributed by atoms with Gasteiger partial charge in [-0.3, -0.25) is 24.6 Å². The van der Waals surface area contributed by atoms with E-state index in [-0.39, 0.29) is 56.5 Å². The molecular formula is C59H71FN8O9S. The van der Waals surface area contributed by atoms with Gasteiger partial charge in [-0.1, -0.05) is 38.1 Å². The lowest BCUT2D eigenvalue weighted by molar-refractivity contribution is -0.384. The Balaban J connectivity index is 0.754. The van der Waals surface area contributed by atoms with Crippen LogP contribution in [0.25, 0.3) is 11.0 Å². The number of hydrogen-bond acceptors (Lipinski definition) is 13. The molecule has 2 aromatic heterocycles. The number of ether oxygens (including phenoxy) is 2. The summed E-state index contributed by atoms with van der Waals surface area (Å²) >= 11 is 0. The predicted octanol–water partition coefficient (Wildman–Crippen LogP) is 9.84. The lowest BCUT2D eigenvalue weighted by Crippen LogP contribution is -2.69. The summed E-state index contributed by atoms with van der Waals surface area (Å²) in [7, 11) is -2.81. The maximum absolute atomic E-state index is 15.0. The second-order valence-corrected chi connectivity index (χ2v) is 26.7. The van der Waals surface area contributed by atoms with E-state index in [1.165, 1.54) is 54.2 Å². The third-order valence-corrected chi connectivity index (χ3v) is 20.5. The minimum atomic E-state index is -4.66. The number of piperazine rings is 1. The van der Waals surface area contributed by atoms with Crippen LogP contribution in [0, 0.1) is 44.5 Å². The molecule has 3 atom stereocenters. The van der Waals surface area contributed by atoms with E-state index in [9.17, 15) is 32.8 Å². The van der Waals surface area contributed by atoms with Crippen LogP contribution in [-0.4, -0.2) is 114 Å². The highest BCUT2D eigenvalue weighted by molar-refractivity contribution is 7.90. The summed E-state index contributed by atoms with van der Waals surface area (Å²) < 4.78 is 57.2. The molecule has 4 bridgehead atoms. The number of halogens is 1. The first kappa shape index (κ1) is 52.5. The van der Waals surface area contributed by atoms with Gasteiger partial charge in [-0.2, -0.15) is 0 Å². The maximum atomic E-state index is 15.0. The molecule has 5 aromatic rings. The fourth-order valence-electron chi connectivity index (χ4n) is 15.5. The molecule has 8 aliphatic rings. The number of pyridine rings is 1. The van der Waals surface area contributed by atoms with Crippen LogP contribution in [0.4, 0.5) is 21.5 Å². The Hall–Kier alpha value is -6.15. The van der Waals surface area contributed by atoms with E-state index in [0.29, 0.717) is 67.8 Å². The van der Waals surface area contributed by atoms with Crippen LogP contribution < -0.4 is 19.7 Å². The fourth-order valence-corrected chi connectivity index (χ4v) is 16.5. The monoisotopic (exact) mass is 1090 g/mol. The lowest BCUT2D eigenvalue weighted by atomic mass is 9.47. The third kappa shape index (κ3) is 9.69. The van der Waals surface area contributed by atoms with Crippen LogP contribution >= 0.6 is 0 Å². The molecule has 13 rings (SSSR count). The molecule has 414 valence electrons. The molecule has 2 aliphatic heterocycles. The molecule has 1 spiro atoms. The number of anilines is 2. The van der Waals surface area contributed by atoms with E-state index < -0.39 is 42.9 Å². The van der Waals surface area contributed by atoms with Crippen LogP contribution in [0.2, 0.25) is 0 Å². The number of aromatic nitrogens is 2. The number of aromatic amines is 1. The van der Waals surface area contributed by atoms with Crippen LogP contribution in [0.3, 0.4) is 0 Å². The summed E-state index contributed by atoms with van der Waals surface area (Å²) in [5, 5.41) is 25.9. The van der Waals surface area contributed by atoms with Gasteiger partial charge in [-0.25, -0.2) is 22.5 Å². The molecule has 2 saturated heterocycles. The molecule has 4 N–H and O–H groups in total. The zero-order valence-corrected chi connectivity index (χ0v) is 45.7. The number of nitrogens with one attached hydrogen (secondary N) is 3. The highest BCUT2D eigenvalue weighted by atomic mass is 32.2. The van der Waals surface area contributed by atoms with Gasteiger partial charge < -0.3 is 34.7 Å². The summed E-state index contributed by atoms with van der Waals surface area (Å²) in [6.07, 6.45) is 13.4. The Kier molecular flexibility index (Phi) is 13.2. The Bertz CT molecular complexity index is 3270. The molecule has 19 heteroatoms. The van der Waals surface area contributed by atoms with E-state index in [0.717, 1.165) is 89.2 Å². The number of benzene rings is 3. The Morgan fingerprint density at radius 1 is 0.987 bits per heavy atom. The number of H-pyrrole nitrogens is 1. The van der Waals surface area contributed by atoms with Crippen molar-refractivity contribution >= 4 is 49.9 Å². The Morgan fingerprint density at radius 3 is 2.45 bits per heavy atom. The quantitative estimate of drug-likeness (QED) is 0.0569. The maximum Gasteiger partial charge on any atom is 0.293 e. The van der Waals surface area contributed by atoms with Crippen molar-refractivity contribution in [3.8, 4) is 11.5 Å². The minimum Gasteiger partial charge on any atom is -0.455 e. The normalized spacial score (nSPS) is 28.7. The van der Waals surface area contributed by atoms with Crippen molar-refractivity contribution in [3.63, 3.8) is 0 Å². The first-order chi connectivity index (χ1) is 37.2. The SMILES string of the molecule is COC12CC3CC(C1)CC(C(=O)N1CCN(C4CC5(C4)CN(c4ccc(C(=O)NS(=O)(=O)c6ccc(NCC7CCC(C)(O)CC7)c([N+](=O)[O-])c6)c(Oc6cnc7[nH]cc(F)c7c6)c4)C5)[C@H](c4ccccc4C(C)C)C1)(C3)C2. The van der Waals surface area contributed by atoms with Crippen molar-refractivity contribution in [2.45, 2.75) is 132 Å². The van der Waals surface area contributed by atoms with Gasteiger partial charge in [0.05, 0.1) is 49.6 Å². The van der Waals surface area contributed by atoms with E-state index in [1.807, 2.05) is 7.11 Å². The molecule has 0 radical (unpaired) electrons. The van der Waals surface area contributed by atoms with Crippen molar-refractivity contribution < 1.29 is 41.9 Å². The highest BCUT2D eigenvalue weighted by Crippen LogP contribution is 2.63. The Labute approximate surface area is 454 Å². The number of amides is 2. The number of carbonyl (C=O) groups excluding carboxylic acids is 2. The Morgan fingerprint density at radius 2 is 1.73 bits per heavy atom. The van der Waals surface area contributed by atoms with E-state index in [4.69, 9.17) is 9.47 Å². The zero-order valence-electron chi connectivity index (χ0n) is 44.9. The van der Waals surface area contributed by atoms with E-state index >= 15 is 4.79 Å². The molecular weight excluding hydrogens is 1020 g/mol. The summed E-state index contributed by atoms with van der Waals surface area (Å²) in [6.45, 7) is 10.3. The fraction of sp³-hybridized carbons (Fsp3) is 0.542. The zero-order chi connectivity index (χ0) is 54.5. The van der Waals surface area contributed by atoms with Crippen molar-refractivity contribution in [2.75, 3.05) is 56.6 Å². The number of methoxy groups -OCH3 is 1. The largest absolute Gasteiger partial charge is 0.455 e. The number of hydrogen-bond donors (Lipinski definition) is 4. The second kappa shape index (κ2) is 19.6. The molecule has 78 heavy (non-hydrogen) atoms. The standard InChI is InChI=1S/C59H71FN8O9S/c1-36(2)44-7-5-6-8-45(44)51-32-65(55(70)58-23-38-19-39(24-58)26-59(25-38,33-58)76-4)17-18-67(51)41-27-57(28-41)34-66(35-57)40-9-11-46(52(20-40)77-42-21-47-48(60)31-63-53(47)62-30-42)54(69)64-78(74,75)43-10-12-49(50(22-43)68(72)73)61-29-37-13-15-56(3,71)16-14-37/h5-12,20-22,30-31,36-39,41,51,61,71H,13-19,23-29,32-35H2,1-4H3,(H,62,63)(H,64,69)/t37?,38?,39?,51-,56?,58?,59?/m0/s1. The van der Waals surface area contributed by atoms with Crippen molar-refractivity contribution in [2.24, 2.45) is 28.6 Å². The number of sulfonamides is 1. The predicted molar refractivity (Wildman–Crippen MR) is 292 cm³/mol. The van der Waals surface area contributed by atoms with Crippen LogP contribution in [-0.2, 0) is 19.6 Å². The number of nitrogens with zero attached hydrogens (tertiary/aromatic N) is 5. The smallest absolute Gasteiger partial charge is 0.293 e. The molecule has 2 amide bonds. The van der Waals surface area contributed by atoms with Crippen LogP contribution in [0.1, 0.15) is 131 Å². The molecule has 6 aliphatic carbocycles. The number of aliphatic hydroxyl groups is 1. The topological polar surface area (TPSA) is 213 Å². The average Bonchev–Trinajstić information content (AvgIpc) is 3.93. The number of nitro benzene ring substituents is 1. The highest BCUT2D eigenvalue weighted by Gasteiger charge is 2.62. The van der Waals surface area contributed by atoms with Gasteiger partial charge in [0.15, 0.2) is 0 Å². The van der Waals surface area contributed by atoms with Gasteiger partial charge in [0, 0.05) is 81.9 Å². The van der Waals surface area contributed by atoms with E-state index in [1.54, 1.807) is 19.1 Å². The van der Waals surface area contributed by atoms with Gasteiger partial charge >= 0.3 is 0 Å². The van der Waals surface area contributed by atoms with E-state index in [2.05, 4.69) is 72.8 Å².